The SMILES string of the molecule is CCC(C)(C(=O)N(C)C1CCCCC1)C(N)=NO. The molecule has 104 valence electrons. The Kier molecular flexibility index (Phi) is 4.99. The zero-order valence-corrected chi connectivity index (χ0v) is 11.6. The minimum atomic E-state index is -0.902. The van der Waals surface area contributed by atoms with Crippen molar-refractivity contribution in [2.45, 2.75) is 58.4 Å². The van der Waals surface area contributed by atoms with E-state index < -0.39 is 5.41 Å². The van der Waals surface area contributed by atoms with Crippen LogP contribution in [-0.2, 0) is 4.79 Å². The van der Waals surface area contributed by atoms with Gasteiger partial charge in [-0.3, -0.25) is 4.79 Å². The molecule has 1 amide bonds. The normalized spacial score (nSPS) is 21.4. The van der Waals surface area contributed by atoms with Crippen molar-refractivity contribution in [3.05, 3.63) is 0 Å². The third-order valence-electron chi connectivity index (χ3n) is 4.29. The van der Waals surface area contributed by atoms with Crippen molar-refractivity contribution in [3.8, 4) is 0 Å². The first kappa shape index (κ1) is 14.8. The van der Waals surface area contributed by atoms with Crippen molar-refractivity contribution in [1.82, 2.24) is 4.90 Å². The van der Waals surface area contributed by atoms with Crippen LogP contribution in [0.4, 0.5) is 0 Å². The third-order valence-corrected chi connectivity index (χ3v) is 4.29. The van der Waals surface area contributed by atoms with Crippen LogP contribution in [0, 0.1) is 5.41 Å². The molecule has 1 aliphatic carbocycles. The van der Waals surface area contributed by atoms with Crippen molar-refractivity contribution in [2.75, 3.05) is 7.05 Å². The lowest BCUT2D eigenvalue weighted by molar-refractivity contribution is -0.139. The quantitative estimate of drug-likeness (QED) is 0.349. The Bertz CT molecular complexity index is 324. The number of carbonyl (C=O) groups is 1. The average molecular weight is 255 g/mol. The average Bonchev–Trinajstić information content (AvgIpc) is 2.44. The van der Waals surface area contributed by atoms with Gasteiger partial charge in [-0.1, -0.05) is 31.3 Å². The van der Waals surface area contributed by atoms with Crippen LogP contribution in [0.25, 0.3) is 0 Å². The van der Waals surface area contributed by atoms with Crippen LogP contribution >= 0.6 is 0 Å². The molecule has 0 aromatic rings. The summed E-state index contributed by atoms with van der Waals surface area (Å²) in [5.74, 6) is -0.0511. The van der Waals surface area contributed by atoms with Crippen LogP contribution in [0.1, 0.15) is 52.4 Å². The molecular weight excluding hydrogens is 230 g/mol. The van der Waals surface area contributed by atoms with E-state index in [2.05, 4.69) is 5.16 Å². The Morgan fingerprint density at radius 3 is 2.44 bits per heavy atom. The summed E-state index contributed by atoms with van der Waals surface area (Å²) in [5, 5.41) is 11.9. The molecule has 18 heavy (non-hydrogen) atoms. The van der Waals surface area contributed by atoms with Crippen LogP contribution in [-0.4, -0.2) is 34.9 Å². The van der Waals surface area contributed by atoms with Crippen LogP contribution < -0.4 is 5.73 Å². The molecule has 0 saturated heterocycles. The number of nitrogens with zero attached hydrogens (tertiary/aromatic N) is 2. The van der Waals surface area contributed by atoms with Gasteiger partial charge in [0.05, 0.1) is 0 Å². The Morgan fingerprint density at radius 1 is 1.44 bits per heavy atom. The highest BCUT2D eigenvalue weighted by molar-refractivity contribution is 6.06. The van der Waals surface area contributed by atoms with Crippen molar-refractivity contribution >= 4 is 11.7 Å². The summed E-state index contributed by atoms with van der Waals surface area (Å²) in [6.45, 7) is 3.62. The summed E-state index contributed by atoms with van der Waals surface area (Å²) in [7, 11) is 1.83. The van der Waals surface area contributed by atoms with Crippen LogP contribution in [0.3, 0.4) is 0 Å². The molecule has 5 nitrogen and oxygen atoms in total. The van der Waals surface area contributed by atoms with Crippen LogP contribution in [0.5, 0.6) is 0 Å². The van der Waals surface area contributed by atoms with Crippen molar-refractivity contribution in [1.29, 1.82) is 0 Å². The summed E-state index contributed by atoms with van der Waals surface area (Å²) >= 11 is 0. The van der Waals surface area contributed by atoms with E-state index in [-0.39, 0.29) is 11.7 Å². The summed E-state index contributed by atoms with van der Waals surface area (Å²) < 4.78 is 0. The van der Waals surface area contributed by atoms with Crippen molar-refractivity contribution < 1.29 is 10.0 Å². The highest BCUT2D eigenvalue weighted by atomic mass is 16.4. The monoisotopic (exact) mass is 255 g/mol. The van der Waals surface area contributed by atoms with E-state index in [1.807, 2.05) is 14.0 Å². The molecule has 1 fully saturated rings. The molecule has 1 saturated carbocycles. The van der Waals surface area contributed by atoms with Gasteiger partial charge in [0.25, 0.3) is 0 Å². The Morgan fingerprint density at radius 2 is 2.00 bits per heavy atom. The molecule has 0 bridgehead atoms. The van der Waals surface area contributed by atoms with E-state index in [0.29, 0.717) is 12.5 Å². The summed E-state index contributed by atoms with van der Waals surface area (Å²) in [5.41, 5.74) is 4.78. The minimum Gasteiger partial charge on any atom is -0.409 e. The van der Waals surface area contributed by atoms with Crippen molar-refractivity contribution in [3.63, 3.8) is 0 Å². The number of amides is 1. The van der Waals surface area contributed by atoms with Gasteiger partial charge in [0.1, 0.15) is 5.41 Å². The molecule has 1 rings (SSSR count). The fourth-order valence-corrected chi connectivity index (χ4v) is 2.58. The second kappa shape index (κ2) is 6.07. The number of rotatable bonds is 4. The maximum atomic E-state index is 12.5. The lowest BCUT2D eigenvalue weighted by Gasteiger charge is -2.37. The van der Waals surface area contributed by atoms with Crippen LogP contribution in [0.2, 0.25) is 0 Å². The summed E-state index contributed by atoms with van der Waals surface area (Å²) in [6, 6.07) is 0.295. The molecule has 5 heteroatoms. The molecule has 0 heterocycles. The Labute approximate surface area is 109 Å². The van der Waals surface area contributed by atoms with E-state index in [9.17, 15) is 4.79 Å². The van der Waals surface area contributed by atoms with E-state index in [1.165, 1.54) is 19.3 Å². The first-order valence-corrected chi connectivity index (χ1v) is 6.72. The molecular formula is C13H25N3O2. The molecule has 1 unspecified atom stereocenters. The smallest absolute Gasteiger partial charge is 0.236 e. The second-order valence-corrected chi connectivity index (χ2v) is 5.38. The molecule has 1 aliphatic rings. The zero-order valence-electron chi connectivity index (χ0n) is 11.6. The molecule has 0 radical (unpaired) electrons. The topological polar surface area (TPSA) is 78.9 Å². The Balaban J connectivity index is 2.83. The molecule has 0 aromatic carbocycles. The van der Waals surface area contributed by atoms with Gasteiger partial charge in [-0.2, -0.15) is 0 Å². The minimum absolute atomic E-state index is 0.00217. The fourth-order valence-electron chi connectivity index (χ4n) is 2.58. The van der Waals surface area contributed by atoms with Crippen LogP contribution in [0.15, 0.2) is 5.16 Å². The maximum absolute atomic E-state index is 12.5. The highest BCUT2D eigenvalue weighted by Gasteiger charge is 2.40. The number of carbonyl (C=O) groups excluding carboxylic acids is 1. The highest BCUT2D eigenvalue weighted by Crippen LogP contribution is 2.29. The zero-order chi connectivity index (χ0) is 13.8. The van der Waals surface area contributed by atoms with Gasteiger partial charge >= 0.3 is 0 Å². The number of hydrogen-bond acceptors (Lipinski definition) is 3. The predicted molar refractivity (Wildman–Crippen MR) is 71.4 cm³/mol. The summed E-state index contributed by atoms with van der Waals surface area (Å²) in [4.78, 5) is 14.3. The molecule has 0 aromatic heterocycles. The Hall–Kier alpha value is -1.26. The number of amidine groups is 1. The van der Waals surface area contributed by atoms with Gasteiger partial charge in [-0.15, -0.1) is 0 Å². The largest absolute Gasteiger partial charge is 0.409 e. The van der Waals surface area contributed by atoms with Gasteiger partial charge in [-0.25, -0.2) is 0 Å². The molecule has 3 N–H and O–H groups in total. The lowest BCUT2D eigenvalue weighted by atomic mass is 9.83. The summed E-state index contributed by atoms with van der Waals surface area (Å²) in [6.07, 6.45) is 6.24. The second-order valence-electron chi connectivity index (χ2n) is 5.38. The number of oxime groups is 1. The first-order chi connectivity index (χ1) is 8.47. The first-order valence-electron chi connectivity index (χ1n) is 6.72. The van der Waals surface area contributed by atoms with Gasteiger partial charge < -0.3 is 15.8 Å². The van der Waals surface area contributed by atoms with Gasteiger partial charge in [0, 0.05) is 13.1 Å². The molecule has 0 spiro atoms. The third kappa shape index (κ3) is 2.76. The van der Waals surface area contributed by atoms with E-state index in [4.69, 9.17) is 10.9 Å². The van der Waals surface area contributed by atoms with Gasteiger partial charge in [-0.05, 0) is 26.2 Å². The van der Waals surface area contributed by atoms with E-state index >= 15 is 0 Å². The van der Waals surface area contributed by atoms with Crippen molar-refractivity contribution in [2.24, 2.45) is 16.3 Å². The van der Waals surface area contributed by atoms with Gasteiger partial charge in [0.15, 0.2) is 5.84 Å². The maximum Gasteiger partial charge on any atom is 0.236 e. The van der Waals surface area contributed by atoms with E-state index in [0.717, 1.165) is 12.8 Å². The number of nitrogens with two attached hydrogens (primary N) is 1. The fraction of sp³-hybridized carbons (Fsp3) is 0.846. The van der Waals surface area contributed by atoms with Gasteiger partial charge in [0.2, 0.25) is 5.91 Å². The molecule has 1 atom stereocenters. The standard InChI is InChI=1S/C13H25N3O2/c1-4-13(2,11(14)15-18)12(17)16(3)10-8-6-5-7-9-10/h10,18H,4-9H2,1-3H3,(H2,14,15). The number of hydrogen-bond donors (Lipinski definition) is 2. The molecule has 0 aliphatic heterocycles. The predicted octanol–water partition coefficient (Wildman–Crippen LogP) is 1.94. The lowest BCUT2D eigenvalue weighted by Crippen LogP contribution is -2.51. The van der Waals surface area contributed by atoms with E-state index in [1.54, 1.807) is 11.8 Å².